The van der Waals surface area contributed by atoms with Gasteiger partial charge in [-0.1, -0.05) is 41.3 Å². The standard InChI is InChI=1S/C21H23N5OS2/c27-19(22-17-9-11-18(12-10-17)26-13-5-2-6-14-26)15-28-21-25-24-20(29-21)23-16-7-3-1-4-8-16/h1,3-4,7-12H,2,5-6,13-15H2,(H,22,27)(H,23,24). The molecule has 4 rings (SSSR count). The van der Waals surface area contributed by atoms with E-state index in [1.807, 2.05) is 42.5 Å². The molecule has 150 valence electrons. The number of carbonyl (C=O) groups is 1. The molecule has 0 atom stereocenters. The highest BCUT2D eigenvalue weighted by atomic mass is 32.2. The molecule has 2 N–H and O–H groups in total. The second-order valence-electron chi connectivity index (χ2n) is 6.80. The van der Waals surface area contributed by atoms with Crippen LogP contribution in [0.3, 0.4) is 0 Å². The third kappa shape index (κ3) is 5.71. The molecule has 6 nitrogen and oxygen atoms in total. The maximum Gasteiger partial charge on any atom is 0.234 e. The number of hydrogen-bond donors (Lipinski definition) is 2. The van der Waals surface area contributed by atoms with Crippen LogP contribution in [-0.2, 0) is 4.79 Å². The van der Waals surface area contributed by atoms with Gasteiger partial charge in [-0.2, -0.15) is 0 Å². The van der Waals surface area contributed by atoms with Crippen LogP contribution in [0.1, 0.15) is 19.3 Å². The number of anilines is 4. The minimum Gasteiger partial charge on any atom is -0.372 e. The predicted octanol–water partition coefficient (Wildman–Crippen LogP) is 5.00. The Balaban J connectivity index is 1.25. The predicted molar refractivity (Wildman–Crippen MR) is 121 cm³/mol. The zero-order chi connectivity index (χ0) is 19.9. The summed E-state index contributed by atoms with van der Waals surface area (Å²) in [5, 5.41) is 15.1. The number of amides is 1. The van der Waals surface area contributed by atoms with Gasteiger partial charge in [0.15, 0.2) is 4.34 Å². The Hall–Kier alpha value is -2.58. The summed E-state index contributed by atoms with van der Waals surface area (Å²) in [6.07, 6.45) is 3.83. The number of carbonyl (C=O) groups excluding carboxylic acids is 1. The molecular formula is C21H23N5OS2. The largest absolute Gasteiger partial charge is 0.372 e. The molecule has 2 heterocycles. The van der Waals surface area contributed by atoms with E-state index in [2.05, 4.69) is 37.9 Å². The molecule has 29 heavy (non-hydrogen) atoms. The van der Waals surface area contributed by atoms with Gasteiger partial charge in [0.25, 0.3) is 0 Å². The summed E-state index contributed by atoms with van der Waals surface area (Å²) < 4.78 is 0.763. The summed E-state index contributed by atoms with van der Waals surface area (Å²) in [5.74, 6) is 0.252. The second kappa shape index (κ2) is 9.76. The van der Waals surface area contributed by atoms with Gasteiger partial charge in [-0.3, -0.25) is 4.79 Å². The Kier molecular flexibility index (Phi) is 6.63. The third-order valence-electron chi connectivity index (χ3n) is 4.63. The van der Waals surface area contributed by atoms with Gasteiger partial charge in [-0.15, -0.1) is 10.2 Å². The zero-order valence-corrected chi connectivity index (χ0v) is 17.6. The van der Waals surface area contributed by atoms with Crippen LogP contribution in [0.15, 0.2) is 58.9 Å². The molecule has 8 heteroatoms. The fourth-order valence-corrected chi connectivity index (χ4v) is 4.77. The number of nitrogens with zero attached hydrogens (tertiary/aromatic N) is 3. The summed E-state index contributed by atoms with van der Waals surface area (Å²) in [4.78, 5) is 14.7. The van der Waals surface area contributed by atoms with E-state index in [0.29, 0.717) is 10.9 Å². The lowest BCUT2D eigenvalue weighted by Crippen LogP contribution is -2.29. The lowest BCUT2D eigenvalue weighted by molar-refractivity contribution is -0.113. The Bertz CT molecular complexity index is 924. The van der Waals surface area contributed by atoms with Crippen LogP contribution < -0.4 is 15.5 Å². The van der Waals surface area contributed by atoms with E-state index in [-0.39, 0.29) is 5.91 Å². The van der Waals surface area contributed by atoms with E-state index < -0.39 is 0 Å². The molecule has 1 aromatic heterocycles. The quantitative estimate of drug-likeness (QED) is 0.519. The van der Waals surface area contributed by atoms with Crippen molar-refractivity contribution in [2.45, 2.75) is 23.6 Å². The van der Waals surface area contributed by atoms with Gasteiger partial charge >= 0.3 is 0 Å². The van der Waals surface area contributed by atoms with Crippen molar-refractivity contribution in [2.75, 3.05) is 34.4 Å². The highest BCUT2D eigenvalue weighted by Crippen LogP contribution is 2.28. The van der Waals surface area contributed by atoms with Gasteiger partial charge in [0.05, 0.1) is 5.75 Å². The van der Waals surface area contributed by atoms with Crippen molar-refractivity contribution in [1.82, 2.24) is 10.2 Å². The van der Waals surface area contributed by atoms with Crippen LogP contribution in [0.2, 0.25) is 0 Å². The van der Waals surface area contributed by atoms with Crippen LogP contribution >= 0.6 is 23.1 Å². The molecule has 1 aliphatic heterocycles. The molecule has 1 saturated heterocycles. The average Bonchev–Trinajstić information content (AvgIpc) is 3.21. The second-order valence-corrected chi connectivity index (χ2v) is 9.00. The van der Waals surface area contributed by atoms with Crippen molar-refractivity contribution < 1.29 is 4.79 Å². The van der Waals surface area contributed by atoms with Gasteiger partial charge in [0.2, 0.25) is 11.0 Å². The first-order valence-corrected chi connectivity index (χ1v) is 11.5. The smallest absolute Gasteiger partial charge is 0.234 e. The molecule has 1 fully saturated rings. The van der Waals surface area contributed by atoms with Crippen LogP contribution in [0, 0.1) is 0 Å². The molecular weight excluding hydrogens is 402 g/mol. The molecule has 0 bridgehead atoms. The molecule has 0 radical (unpaired) electrons. The molecule has 2 aromatic carbocycles. The van der Waals surface area contributed by atoms with Crippen LogP contribution in [0.5, 0.6) is 0 Å². The minimum atomic E-state index is -0.0477. The van der Waals surface area contributed by atoms with Gasteiger partial charge in [0.1, 0.15) is 0 Å². The third-order valence-corrected chi connectivity index (χ3v) is 6.60. The van der Waals surface area contributed by atoms with E-state index in [1.165, 1.54) is 48.0 Å². The van der Waals surface area contributed by atoms with E-state index in [9.17, 15) is 4.79 Å². The lowest BCUT2D eigenvalue weighted by atomic mass is 10.1. The van der Waals surface area contributed by atoms with Crippen LogP contribution in [0.25, 0.3) is 0 Å². The number of hydrogen-bond acceptors (Lipinski definition) is 7. The monoisotopic (exact) mass is 425 g/mol. The van der Waals surface area contributed by atoms with E-state index in [4.69, 9.17) is 0 Å². The number of thioether (sulfide) groups is 1. The topological polar surface area (TPSA) is 70.1 Å². The van der Waals surface area contributed by atoms with Crippen molar-refractivity contribution in [2.24, 2.45) is 0 Å². The maximum absolute atomic E-state index is 12.3. The average molecular weight is 426 g/mol. The fraction of sp³-hybridized carbons (Fsp3) is 0.286. The number of nitrogens with one attached hydrogen (secondary N) is 2. The number of para-hydroxylation sites is 1. The Morgan fingerprint density at radius 3 is 2.48 bits per heavy atom. The summed E-state index contributed by atoms with van der Waals surface area (Å²) in [6, 6.07) is 17.9. The Labute approximate surface area is 178 Å². The van der Waals surface area contributed by atoms with Gasteiger partial charge in [0, 0.05) is 30.2 Å². The molecule has 3 aromatic rings. The molecule has 1 amide bonds. The lowest BCUT2D eigenvalue weighted by Gasteiger charge is -2.28. The fourth-order valence-electron chi connectivity index (χ4n) is 3.20. The van der Waals surface area contributed by atoms with Gasteiger partial charge in [-0.05, 0) is 55.7 Å². The molecule has 0 aliphatic carbocycles. The first-order chi connectivity index (χ1) is 14.3. The number of rotatable bonds is 7. The van der Waals surface area contributed by atoms with Crippen molar-refractivity contribution in [3.63, 3.8) is 0 Å². The molecule has 0 saturated carbocycles. The number of benzene rings is 2. The minimum absolute atomic E-state index is 0.0477. The van der Waals surface area contributed by atoms with Crippen LogP contribution in [0.4, 0.5) is 22.2 Å². The molecule has 1 aliphatic rings. The number of piperidine rings is 1. The van der Waals surface area contributed by atoms with Crippen molar-refractivity contribution in [3.8, 4) is 0 Å². The maximum atomic E-state index is 12.3. The normalized spacial score (nSPS) is 13.9. The highest BCUT2D eigenvalue weighted by molar-refractivity contribution is 8.01. The van der Waals surface area contributed by atoms with Gasteiger partial charge < -0.3 is 15.5 Å². The first kappa shape index (κ1) is 19.7. The number of aromatic nitrogens is 2. The van der Waals surface area contributed by atoms with Crippen molar-refractivity contribution >= 4 is 51.2 Å². The van der Waals surface area contributed by atoms with Gasteiger partial charge in [-0.25, -0.2) is 0 Å². The summed E-state index contributed by atoms with van der Waals surface area (Å²) >= 11 is 2.83. The zero-order valence-electron chi connectivity index (χ0n) is 16.0. The SMILES string of the molecule is O=C(CSc1nnc(Nc2ccccc2)s1)Nc1ccc(N2CCCCC2)cc1. The summed E-state index contributed by atoms with van der Waals surface area (Å²) in [5.41, 5.74) is 3.01. The summed E-state index contributed by atoms with van der Waals surface area (Å²) in [7, 11) is 0. The first-order valence-electron chi connectivity index (χ1n) is 9.69. The van der Waals surface area contributed by atoms with E-state index >= 15 is 0 Å². The summed E-state index contributed by atoms with van der Waals surface area (Å²) in [6.45, 7) is 2.23. The molecule has 0 spiro atoms. The van der Waals surface area contributed by atoms with E-state index in [0.717, 1.165) is 28.8 Å². The van der Waals surface area contributed by atoms with E-state index in [1.54, 1.807) is 0 Å². The van der Waals surface area contributed by atoms with Crippen LogP contribution in [-0.4, -0.2) is 34.9 Å². The Morgan fingerprint density at radius 1 is 0.966 bits per heavy atom. The van der Waals surface area contributed by atoms with Crippen molar-refractivity contribution in [3.05, 3.63) is 54.6 Å². The highest BCUT2D eigenvalue weighted by Gasteiger charge is 2.12. The Morgan fingerprint density at radius 2 is 1.72 bits per heavy atom. The van der Waals surface area contributed by atoms with Crippen molar-refractivity contribution in [1.29, 1.82) is 0 Å². The molecule has 0 unspecified atom stereocenters.